The lowest BCUT2D eigenvalue weighted by Crippen LogP contribution is -2.54. The molecule has 0 aliphatic carbocycles. The number of anilines is 1. The number of benzene rings is 3. The number of fused-ring (bicyclic) bond motifs is 2. The fourth-order valence-electron chi connectivity index (χ4n) is 4.82. The third-order valence-electron chi connectivity index (χ3n) is 6.64. The van der Waals surface area contributed by atoms with Gasteiger partial charge in [-0.15, -0.1) is 0 Å². The third-order valence-corrected chi connectivity index (χ3v) is 6.64. The van der Waals surface area contributed by atoms with Crippen LogP contribution in [0, 0.1) is 18.6 Å². The minimum Gasteiger partial charge on any atom is -0.389 e. The molecular formula is C27H27F2N3O. The first-order chi connectivity index (χ1) is 15.8. The van der Waals surface area contributed by atoms with E-state index < -0.39 is 29.3 Å². The first-order valence-electron chi connectivity index (χ1n) is 11.1. The summed E-state index contributed by atoms with van der Waals surface area (Å²) in [6, 6.07) is 15.8. The van der Waals surface area contributed by atoms with E-state index in [4.69, 9.17) is 0 Å². The largest absolute Gasteiger partial charge is 0.389 e. The van der Waals surface area contributed by atoms with Gasteiger partial charge in [-0.2, -0.15) is 0 Å². The Morgan fingerprint density at radius 3 is 2.58 bits per heavy atom. The van der Waals surface area contributed by atoms with Crippen molar-refractivity contribution in [3.63, 3.8) is 0 Å². The van der Waals surface area contributed by atoms with Crippen LogP contribution in [0.5, 0.6) is 0 Å². The average molecular weight is 448 g/mol. The summed E-state index contributed by atoms with van der Waals surface area (Å²) >= 11 is 0. The quantitative estimate of drug-likeness (QED) is 0.319. The molecule has 0 bridgehead atoms. The van der Waals surface area contributed by atoms with Crippen molar-refractivity contribution in [3.05, 3.63) is 89.1 Å². The molecule has 0 saturated heterocycles. The van der Waals surface area contributed by atoms with Gasteiger partial charge < -0.3 is 20.7 Å². The maximum Gasteiger partial charge on any atom is 0.140 e. The summed E-state index contributed by atoms with van der Waals surface area (Å²) in [6.07, 6.45) is 0.894. The number of H-pyrrole nitrogens is 1. The van der Waals surface area contributed by atoms with Gasteiger partial charge in [0.25, 0.3) is 0 Å². The third kappa shape index (κ3) is 3.59. The van der Waals surface area contributed by atoms with Crippen molar-refractivity contribution in [2.24, 2.45) is 0 Å². The van der Waals surface area contributed by atoms with Crippen molar-refractivity contribution < 1.29 is 13.9 Å². The van der Waals surface area contributed by atoms with Crippen LogP contribution in [-0.2, 0) is 6.54 Å². The van der Waals surface area contributed by atoms with Crippen LogP contribution in [0.3, 0.4) is 0 Å². The van der Waals surface area contributed by atoms with E-state index in [1.807, 2.05) is 63.4 Å². The smallest absolute Gasteiger partial charge is 0.140 e. The molecule has 1 aliphatic rings. The van der Waals surface area contributed by atoms with Gasteiger partial charge in [0.15, 0.2) is 0 Å². The van der Waals surface area contributed by atoms with Crippen LogP contribution in [0.1, 0.15) is 36.6 Å². The SMILES string of the molecule is Cc1c[nH]c2c(-c3c(F)cc4c(c3F)[C@H](NCc3ccccc3)C(O)C(C)(C)N4)cccc12. The molecule has 2 atom stereocenters. The van der Waals surface area contributed by atoms with Crippen LogP contribution in [0.4, 0.5) is 14.5 Å². The first-order valence-corrected chi connectivity index (χ1v) is 11.1. The summed E-state index contributed by atoms with van der Waals surface area (Å²) in [5, 5.41) is 18.5. The number of hydrogen-bond acceptors (Lipinski definition) is 3. The molecule has 170 valence electrons. The van der Waals surface area contributed by atoms with E-state index in [9.17, 15) is 5.11 Å². The fourth-order valence-corrected chi connectivity index (χ4v) is 4.82. The summed E-state index contributed by atoms with van der Waals surface area (Å²) in [7, 11) is 0. The molecule has 4 N–H and O–H groups in total. The van der Waals surface area contributed by atoms with Crippen LogP contribution in [-0.4, -0.2) is 21.7 Å². The summed E-state index contributed by atoms with van der Waals surface area (Å²) in [5.41, 5.74) is 2.88. The molecule has 0 spiro atoms. The molecule has 1 unspecified atom stereocenters. The van der Waals surface area contributed by atoms with Crippen LogP contribution < -0.4 is 10.6 Å². The Bertz CT molecular complexity index is 1330. The number of aliphatic hydroxyl groups is 1. The lowest BCUT2D eigenvalue weighted by atomic mass is 9.80. The highest BCUT2D eigenvalue weighted by Crippen LogP contribution is 2.44. The van der Waals surface area contributed by atoms with Crippen molar-refractivity contribution in [1.82, 2.24) is 10.3 Å². The summed E-state index contributed by atoms with van der Waals surface area (Å²) in [6.45, 7) is 6.04. The number of aromatic amines is 1. The number of aryl methyl sites for hydroxylation is 1. The molecule has 1 aliphatic heterocycles. The Morgan fingerprint density at radius 2 is 1.82 bits per heavy atom. The molecule has 5 rings (SSSR count). The monoisotopic (exact) mass is 447 g/mol. The second kappa shape index (κ2) is 7.97. The molecule has 1 aromatic heterocycles. The van der Waals surface area contributed by atoms with Crippen molar-refractivity contribution in [3.8, 4) is 11.1 Å². The van der Waals surface area contributed by atoms with Gasteiger partial charge in [-0.25, -0.2) is 8.78 Å². The summed E-state index contributed by atoms with van der Waals surface area (Å²) < 4.78 is 31.6. The molecule has 4 nitrogen and oxygen atoms in total. The van der Waals surface area contributed by atoms with E-state index in [-0.39, 0.29) is 11.1 Å². The molecule has 0 amide bonds. The Kier molecular flexibility index (Phi) is 5.22. The Labute approximate surface area is 191 Å². The summed E-state index contributed by atoms with van der Waals surface area (Å²) in [5.74, 6) is -1.31. The van der Waals surface area contributed by atoms with Crippen molar-refractivity contribution in [2.45, 2.75) is 45.0 Å². The number of hydrogen-bond donors (Lipinski definition) is 4. The zero-order valence-electron chi connectivity index (χ0n) is 18.8. The Hall–Kier alpha value is -3.22. The fraction of sp³-hybridized carbons (Fsp3) is 0.259. The van der Waals surface area contributed by atoms with E-state index in [0.717, 1.165) is 16.5 Å². The average Bonchev–Trinajstić information content (AvgIpc) is 3.16. The maximum atomic E-state index is 16.2. The lowest BCUT2D eigenvalue weighted by molar-refractivity contribution is 0.0663. The highest BCUT2D eigenvalue weighted by molar-refractivity contribution is 5.96. The van der Waals surface area contributed by atoms with E-state index in [1.165, 1.54) is 6.07 Å². The van der Waals surface area contributed by atoms with E-state index in [2.05, 4.69) is 15.6 Å². The van der Waals surface area contributed by atoms with E-state index in [0.29, 0.717) is 23.3 Å². The molecular weight excluding hydrogens is 420 g/mol. The van der Waals surface area contributed by atoms with Crippen LogP contribution >= 0.6 is 0 Å². The Morgan fingerprint density at radius 1 is 1.06 bits per heavy atom. The highest BCUT2D eigenvalue weighted by Gasteiger charge is 2.43. The minimum atomic E-state index is -0.940. The number of rotatable bonds is 4. The lowest BCUT2D eigenvalue weighted by Gasteiger charge is -2.44. The van der Waals surface area contributed by atoms with Gasteiger partial charge in [0.2, 0.25) is 0 Å². The van der Waals surface area contributed by atoms with E-state index in [1.54, 1.807) is 12.1 Å². The predicted octanol–water partition coefficient (Wildman–Crippen LogP) is 5.82. The van der Waals surface area contributed by atoms with Gasteiger partial charge in [0, 0.05) is 34.9 Å². The second-order valence-electron chi connectivity index (χ2n) is 9.34. The maximum absolute atomic E-state index is 16.2. The molecule has 4 aromatic rings. The second-order valence-corrected chi connectivity index (χ2v) is 9.34. The number of aromatic nitrogens is 1. The topological polar surface area (TPSA) is 60.1 Å². The molecule has 0 fully saturated rings. The highest BCUT2D eigenvalue weighted by atomic mass is 19.1. The standard InChI is InChI=1S/C27H27F2N3O/c1-15-13-30-24-17(15)10-7-11-18(24)21-19(28)12-20-22(23(21)29)25(26(33)27(2,3)32-20)31-14-16-8-5-4-6-9-16/h4-13,25-26,30-33H,14H2,1-3H3/t25-,26?/m0/s1. The first kappa shape index (κ1) is 21.6. The van der Waals surface area contributed by atoms with Crippen molar-refractivity contribution in [2.75, 3.05) is 5.32 Å². The van der Waals surface area contributed by atoms with E-state index >= 15 is 8.78 Å². The summed E-state index contributed by atoms with van der Waals surface area (Å²) in [4.78, 5) is 3.16. The number of para-hydroxylation sites is 1. The number of nitrogens with one attached hydrogen (secondary N) is 3. The van der Waals surface area contributed by atoms with Crippen LogP contribution in [0.2, 0.25) is 0 Å². The zero-order chi connectivity index (χ0) is 23.3. The van der Waals surface area contributed by atoms with Crippen LogP contribution in [0.25, 0.3) is 22.0 Å². The van der Waals surface area contributed by atoms with Gasteiger partial charge >= 0.3 is 0 Å². The molecule has 0 radical (unpaired) electrons. The number of aliphatic hydroxyl groups excluding tert-OH is 1. The zero-order valence-corrected chi connectivity index (χ0v) is 18.8. The van der Waals surface area contributed by atoms with Crippen molar-refractivity contribution in [1.29, 1.82) is 0 Å². The minimum absolute atomic E-state index is 0.0959. The van der Waals surface area contributed by atoms with Gasteiger partial charge in [-0.05, 0) is 38.0 Å². The molecule has 0 saturated carbocycles. The van der Waals surface area contributed by atoms with Gasteiger partial charge in [0.1, 0.15) is 11.6 Å². The van der Waals surface area contributed by atoms with Gasteiger partial charge in [0.05, 0.1) is 28.8 Å². The van der Waals surface area contributed by atoms with Crippen LogP contribution in [0.15, 0.2) is 60.8 Å². The predicted molar refractivity (Wildman–Crippen MR) is 128 cm³/mol. The molecule has 33 heavy (non-hydrogen) atoms. The molecule has 6 heteroatoms. The molecule has 2 heterocycles. The Balaban J connectivity index is 1.66. The van der Waals surface area contributed by atoms with Crippen molar-refractivity contribution >= 4 is 16.6 Å². The van der Waals surface area contributed by atoms with Gasteiger partial charge in [-0.1, -0.05) is 48.5 Å². The molecule has 3 aromatic carbocycles. The number of halogens is 2. The normalized spacial score (nSPS) is 19.3. The van der Waals surface area contributed by atoms with Gasteiger partial charge in [-0.3, -0.25) is 0 Å².